The Morgan fingerprint density at radius 1 is 1.39 bits per heavy atom. The van der Waals surface area contributed by atoms with Crippen molar-refractivity contribution in [1.82, 2.24) is 15.1 Å². The van der Waals surface area contributed by atoms with Crippen LogP contribution in [0, 0.1) is 6.92 Å². The summed E-state index contributed by atoms with van der Waals surface area (Å²) >= 11 is 3.59. The zero-order chi connectivity index (χ0) is 13.1. The Morgan fingerprint density at radius 3 is 2.72 bits per heavy atom. The van der Waals surface area contributed by atoms with Crippen molar-refractivity contribution in [2.45, 2.75) is 26.4 Å². The minimum absolute atomic E-state index is 0.306. The fraction of sp³-hybridized carbons (Fsp3) is 0.357. The number of rotatable bonds is 4. The van der Waals surface area contributed by atoms with Crippen molar-refractivity contribution in [3.05, 3.63) is 51.8 Å². The standard InChI is InChI=1S/C14H18BrN3/c1-10-12(9-18(3)17-10)8-16-11(2)13-6-4-5-7-14(13)15/h4-7,9,11,16H,8H2,1-3H3. The van der Waals surface area contributed by atoms with E-state index in [1.807, 2.05) is 24.7 Å². The van der Waals surface area contributed by atoms with Crippen LogP contribution in [-0.2, 0) is 13.6 Å². The topological polar surface area (TPSA) is 29.9 Å². The molecule has 4 heteroatoms. The molecule has 0 aliphatic heterocycles. The summed E-state index contributed by atoms with van der Waals surface area (Å²) in [6, 6.07) is 8.61. The van der Waals surface area contributed by atoms with Gasteiger partial charge in [0.05, 0.1) is 5.69 Å². The minimum atomic E-state index is 0.306. The van der Waals surface area contributed by atoms with E-state index < -0.39 is 0 Å². The van der Waals surface area contributed by atoms with Crippen LogP contribution in [0.3, 0.4) is 0 Å². The molecule has 0 spiro atoms. The number of hydrogen-bond acceptors (Lipinski definition) is 2. The minimum Gasteiger partial charge on any atom is -0.306 e. The van der Waals surface area contributed by atoms with Gasteiger partial charge in [-0.2, -0.15) is 5.10 Å². The summed E-state index contributed by atoms with van der Waals surface area (Å²) < 4.78 is 3.00. The molecule has 1 aromatic heterocycles. The Balaban J connectivity index is 2.03. The largest absolute Gasteiger partial charge is 0.306 e. The normalized spacial score (nSPS) is 12.7. The SMILES string of the molecule is Cc1nn(C)cc1CNC(C)c1ccccc1Br. The second kappa shape index (κ2) is 5.67. The highest BCUT2D eigenvalue weighted by atomic mass is 79.9. The molecule has 0 saturated carbocycles. The Bertz CT molecular complexity index is 534. The maximum Gasteiger partial charge on any atom is 0.0638 e. The predicted octanol–water partition coefficient (Wildman–Crippen LogP) is 3.34. The molecule has 0 saturated heterocycles. The van der Waals surface area contributed by atoms with Crippen molar-refractivity contribution >= 4 is 15.9 Å². The van der Waals surface area contributed by atoms with E-state index in [9.17, 15) is 0 Å². The van der Waals surface area contributed by atoms with Gasteiger partial charge in [-0.3, -0.25) is 4.68 Å². The van der Waals surface area contributed by atoms with E-state index in [-0.39, 0.29) is 0 Å². The number of aryl methyl sites for hydroxylation is 2. The molecule has 3 nitrogen and oxygen atoms in total. The zero-order valence-electron chi connectivity index (χ0n) is 10.9. The predicted molar refractivity (Wildman–Crippen MR) is 77.3 cm³/mol. The highest BCUT2D eigenvalue weighted by Gasteiger charge is 2.09. The summed E-state index contributed by atoms with van der Waals surface area (Å²) in [6.45, 7) is 5.05. The molecule has 1 aromatic carbocycles. The van der Waals surface area contributed by atoms with Crippen LogP contribution >= 0.6 is 15.9 Å². The molecule has 18 heavy (non-hydrogen) atoms. The van der Waals surface area contributed by atoms with Crippen LogP contribution in [0.15, 0.2) is 34.9 Å². The molecule has 0 fully saturated rings. The van der Waals surface area contributed by atoms with Gasteiger partial charge >= 0.3 is 0 Å². The van der Waals surface area contributed by atoms with E-state index in [2.05, 4.69) is 57.7 Å². The average Bonchev–Trinajstić information content (AvgIpc) is 2.65. The van der Waals surface area contributed by atoms with Gasteiger partial charge in [-0.1, -0.05) is 34.1 Å². The van der Waals surface area contributed by atoms with Gasteiger partial charge in [0.15, 0.2) is 0 Å². The van der Waals surface area contributed by atoms with Gasteiger partial charge in [0, 0.05) is 35.9 Å². The first-order valence-electron chi connectivity index (χ1n) is 6.05. The Kier molecular flexibility index (Phi) is 4.19. The van der Waals surface area contributed by atoms with Crippen molar-refractivity contribution in [2.75, 3.05) is 0 Å². The molecule has 96 valence electrons. The fourth-order valence-corrected chi connectivity index (χ4v) is 2.65. The summed E-state index contributed by atoms with van der Waals surface area (Å²) in [6.07, 6.45) is 2.06. The maximum atomic E-state index is 4.35. The van der Waals surface area contributed by atoms with Crippen molar-refractivity contribution in [3.8, 4) is 0 Å². The van der Waals surface area contributed by atoms with Crippen LogP contribution in [0.2, 0.25) is 0 Å². The van der Waals surface area contributed by atoms with E-state index in [0.29, 0.717) is 6.04 Å². The number of aromatic nitrogens is 2. The molecule has 2 aromatic rings. The van der Waals surface area contributed by atoms with Crippen LogP contribution in [-0.4, -0.2) is 9.78 Å². The Labute approximate surface area is 116 Å². The van der Waals surface area contributed by atoms with Crippen molar-refractivity contribution in [1.29, 1.82) is 0 Å². The first-order chi connectivity index (χ1) is 8.58. The molecule has 1 heterocycles. The third kappa shape index (κ3) is 3.00. The first kappa shape index (κ1) is 13.3. The molecule has 1 unspecified atom stereocenters. The summed E-state index contributed by atoms with van der Waals surface area (Å²) in [7, 11) is 1.95. The van der Waals surface area contributed by atoms with Crippen molar-refractivity contribution < 1.29 is 0 Å². The van der Waals surface area contributed by atoms with Gasteiger partial charge in [0.25, 0.3) is 0 Å². The Morgan fingerprint density at radius 2 is 2.11 bits per heavy atom. The monoisotopic (exact) mass is 307 g/mol. The van der Waals surface area contributed by atoms with Crippen LogP contribution < -0.4 is 5.32 Å². The number of hydrogen-bond donors (Lipinski definition) is 1. The van der Waals surface area contributed by atoms with E-state index in [4.69, 9.17) is 0 Å². The van der Waals surface area contributed by atoms with Crippen molar-refractivity contribution in [2.24, 2.45) is 7.05 Å². The van der Waals surface area contributed by atoms with Gasteiger partial charge in [-0.15, -0.1) is 0 Å². The van der Waals surface area contributed by atoms with E-state index in [0.717, 1.165) is 16.7 Å². The van der Waals surface area contributed by atoms with Crippen LogP contribution in [0.25, 0.3) is 0 Å². The second-order valence-electron chi connectivity index (χ2n) is 4.54. The van der Waals surface area contributed by atoms with E-state index in [1.165, 1.54) is 11.1 Å². The summed E-state index contributed by atoms with van der Waals surface area (Å²) in [5.74, 6) is 0. The molecule has 0 radical (unpaired) electrons. The third-order valence-electron chi connectivity index (χ3n) is 3.09. The second-order valence-corrected chi connectivity index (χ2v) is 5.39. The molecular formula is C14H18BrN3. The van der Waals surface area contributed by atoms with Gasteiger partial charge in [0.2, 0.25) is 0 Å². The lowest BCUT2D eigenvalue weighted by molar-refractivity contribution is 0.571. The molecule has 1 N–H and O–H groups in total. The maximum absolute atomic E-state index is 4.35. The molecule has 1 atom stereocenters. The third-order valence-corrected chi connectivity index (χ3v) is 3.81. The van der Waals surface area contributed by atoms with Gasteiger partial charge in [-0.25, -0.2) is 0 Å². The quantitative estimate of drug-likeness (QED) is 0.939. The smallest absolute Gasteiger partial charge is 0.0638 e. The number of nitrogens with zero attached hydrogens (tertiary/aromatic N) is 2. The fourth-order valence-electron chi connectivity index (χ4n) is 2.02. The molecule has 0 aliphatic rings. The highest BCUT2D eigenvalue weighted by molar-refractivity contribution is 9.10. The van der Waals surface area contributed by atoms with Crippen molar-refractivity contribution in [3.63, 3.8) is 0 Å². The van der Waals surface area contributed by atoms with Gasteiger partial charge in [-0.05, 0) is 25.5 Å². The molecule has 0 amide bonds. The van der Waals surface area contributed by atoms with Gasteiger partial charge in [0.1, 0.15) is 0 Å². The summed E-state index contributed by atoms with van der Waals surface area (Å²) in [5, 5.41) is 7.87. The summed E-state index contributed by atoms with van der Waals surface area (Å²) in [4.78, 5) is 0. The van der Waals surface area contributed by atoms with Crippen LogP contribution in [0.5, 0.6) is 0 Å². The van der Waals surface area contributed by atoms with Gasteiger partial charge < -0.3 is 5.32 Å². The average molecular weight is 308 g/mol. The summed E-state index contributed by atoms with van der Waals surface area (Å²) in [5.41, 5.74) is 3.61. The Hall–Kier alpha value is -1.13. The number of nitrogens with one attached hydrogen (secondary N) is 1. The van der Waals surface area contributed by atoms with Crippen LogP contribution in [0.1, 0.15) is 29.8 Å². The zero-order valence-corrected chi connectivity index (χ0v) is 12.5. The first-order valence-corrected chi connectivity index (χ1v) is 6.84. The number of halogens is 1. The molecule has 2 rings (SSSR count). The lowest BCUT2D eigenvalue weighted by Gasteiger charge is -2.15. The van der Waals surface area contributed by atoms with E-state index in [1.54, 1.807) is 0 Å². The molecular weight excluding hydrogens is 290 g/mol. The van der Waals surface area contributed by atoms with E-state index >= 15 is 0 Å². The molecule has 0 aliphatic carbocycles. The highest BCUT2D eigenvalue weighted by Crippen LogP contribution is 2.23. The molecule has 0 bridgehead atoms. The lowest BCUT2D eigenvalue weighted by Crippen LogP contribution is -2.18. The lowest BCUT2D eigenvalue weighted by atomic mass is 10.1. The number of benzene rings is 1. The van der Waals surface area contributed by atoms with Crippen LogP contribution in [0.4, 0.5) is 0 Å².